The molecule has 0 amide bonds. The molecular weight excluding hydrogens is 229 g/mol. The van der Waals surface area contributed by atoms with Gasteiger partial charge in [-0.3, -0.25) is 0 Å². The molecule has 1 heterocycles. The Morgan fingerprint density at radius 2 is 2.06 bits per heavy atom. The van der Waals surface area contributed by atoms with Gasteiger partial charge in [0.2, 0.25) is 0 Å². The van der Waals surface area contributed by atoms with Crippen LogP contribution in [0, 0.1) is 29.4 Å². The van der Waals surface area contributed by atoms with Gasteiger partial charge in [-0.15, -0.1) is 0 Å². The zero-order valence-electron chi connectivity index (χ0n) is 9.64. The summed E-state index contributed by atoms with van der Waals surface area (Å²) in [5.74, 6) is -2.56. The first-order valence-corrected chi connectivity index (χ1v) is 5.83. The van der Waals surface area contributed by atoms with Crippen molar-refractivity contribution < 1.29 is 13.2 Å². The fraction of sp³-hybridized carbons (Fsp3) is 0.583. The number of nitrogens with zero attached hydrogens (tertiary/aromatic N) is 1. The monoisotopic (exact) mass is 244 g/mol. The van der Waals surface area contributed by atoms with Gasteiger partial charge in [0, 0.05) is 12.6 Å². The first kappa shape index (κ1) is 12.2. The van der Waals surface area contributed by atoms with E-state index in [0.717, 1.165) is 6.42 Å². The van der Waals surface area contributed by atoms with Crippen molar-refractivity contribution in [2.24, 2.45) is 11.8 Å². The van der Waals surface area contributed by atoms with Gasteiger partial charge in [0.05, 0.1) is 0 Å². The van der Waals surface area contributed by atoms with Crippen molar-refractivity contribution in [3.63, 3.8) is 0 Å². The van der Waals surface area contributed by atoms with Crippen LogP contribution in [0.25, 0.3) is 0 Å². The maximum absolute atomic E-state index is 13.3. The average molecular weight is 244 g/mol. The summed E-state index contributed by atoms with van der Waals surface area (Å²) in [5, 5.41) is 2.76. The average Bonchev–Trinajstić information content (AvgIpc) is 2.68. The van der Waals surface area contributed by atoms with Crippen molar-refractivity contribution in [1.82, 2.24) is 4.98 Å². The van der Waals surface area contributed by atoms with Gasteiger partial charge >= 0.3 is 0 Å². The van der Waals surface area contributed by atoms with Crippen LogP contribution in [0.1, 0.15) is 26.2 Å². The van der Waals surface area contributed by atoms with E-state index in [2.05, 4.69) is 17.2 Å². The Balaban J connectivity index is 2.01. The second-order valence-corrected chi connectivity index (χ2v) is 4.64. The van der Waals surface area contributed by atoms with Gasteiger partial charge in [0.25, 0.3) is 5.95 Å². The van der Waals surface area contributed by atoms with Crippen molar-refractivity contribution in [1.29, 1.82) is 0 Å². The lowest BCUT2D eigenvalue weighted by Gasteiger charge is -2.16. The van der Waals surface area contributed by atoms with E-state index in [0.29, 0.717) is 24.4 Å². The highest BCUT2D eigenvalue weighted by atomic mass is 19.2. The van der Waals surface area contributed by atoms with Crippen LogP contribution in [0.2, 0.25) is 0 Å². The van der Waals surface area contributed by atoms with Crippen LogP contribution in [-0.2, 0) is 0 Å². The quantitative estimate of drug-likeness (QED) is 0.825. The van der Waals surface area contributed by atoms with Crippen molar-refractivity contribution in [2.45, 2.75) is 26.2 Å². The molecule has 1 fully saturated rings. The first-order valence-electron chi connectivity index (χ1n) is 5.83. The van der Waals surface area contributed by atoms with E-state index < -0.39 is 17.6 Å². The van der Waals surface area contributed by atoms with Crippen LogP contribution < -0.4 is 5.32 Å². The molecule has 0 aromatic carbocycles. The lowest BCUT2D eigenvalue weighted by molar-refractivity contribution is 0.435. The third-order valence-corrected chi connectivity index (χ3v) is 3.46. The molecule has 0 radical (unpaired) electrons. The number of rotatable bonds is 3. The molecule has 0 bridgehead atoms. The van der Waals surface area contributed by atoms with Gasteiger partial charge < -0.3 is 5.32 Å². The van der Waals surface area contributed by atoms with Crippen LogP contribution >= 0.6 is 0 Å². The van der Waals surface area contributed by atoms with Gasteiger partial charge in [-0.05, 0) is 18.3 Å². The van der Waals surface area contributed by atoms with E-state index in [1.165, 1.54) is 12.8 Å². The maximum Gasteiger partial charge on any atom is 0.251 e. The summed E-state index contributed by atoms with van der Waals surface area (Å²) in [4.78, 5) is 3.23. The number of aromatic nitrogens is 1. The van der Waals surface area contributed by atoms with E-state index in [9.17, 15) is 13.2 Å². The van der Waals surface area contributed by atoms with E-state index in [4.69, 9.17) is 0 Å². The van der Waals surface area contributed by atoms with Crippen LogP contribution in [0.5, 0.6) is 0 Å². The van der Waals surface area contributed by atoms with Crippen molar-refractivity contribution in [2.75, 3.05) is 11.9 Å². The minimum Gasteiger partial charge on any atom is -0.367 e. The van der Waals surface area contributed by atoms with Crippen LogP contribution in [-0.4, -0.2) is 11.5 Å². The molecule has 1 aliphatic carbocycles. The van der Waals surface area contributed by atoms with Gasteiger partial charge in [-0.2, -0.15) is 9.37 Å². The SMILES string of the molecule is CC1CCCC1CNc1nc(F)c(F)cc1F. The second kappa shape index (κ2) is 4.94. The smallest absolute Gasteiger partial charge is 0.251 e. The summed E-state index contributed by atoms with van der Waals surface area (Å²) in [5.41, 5.74) is 0. The highest BCUT2D eigenvalue weighted by Gasteiger charge is 2.23. The molecule has 0 aliphatic heterocycles. The minimum absolute atomic E-state index is 0.206. The van der Waals surface area contributed by atoms with Gasteiger partial charge in [0.1, 0.15) is 0 Å². The van der Waals surface area contributed by atoms with E-state index in [1.807, 2.05) is 0 Å². The van der Waals surface area contributed by atoms with Crippen molar-refractivity contribution in [3.05, 3.63) is 23.6 Å². The molecule has 2 rings (SSSR count). The Kier molecular flexibility index (Phi) is 3.54. The molecule has 2 unspecified atom stereocenters. The van der Waals surface area contributed by atoms with Gasteiger partial charge in [-0.1, -0.05) is 19.8 Å². The Morgan fingerprint density at radius 1 is 1.29 bits per heavy atom. The number of hydrogen-bond acceptors (Lipinski definition) is 2. The van der Waals surface area contributed by atoms with Gasteiger partial charge in [-0.25, -0.2) is 8.78 Å². The standard InChI is InChI=1S/C12H15F3N2/c1-7-3-2-4-8(7)6-16-12-10(14)5-9(13)11(15)17-12/h5,7-8H,2-4,6H2,1H3,(H,16,17). The number of anilines is 1. The Bertz CT molecular complexity index is 409. The molecule has 94 valence electrons. The molecule has 0 saturated heterocycles. The summed E-state index contributed by atoms with van der Waals surface area (Å²) in [7, 11) is 0. The maximum atomic E-state index is 13.3. The fourth-order valence-corrected chi connectivity index (χ4v) is 2.32. The predicted molar refractivity (Wildman–Crippen MR) is 59.1 cm³/mol. The molecule has 1 aromatic heterocycles. The number of halogens is 3. The highest BCUT2D eigenvalue weighted by molar-refractivity contribution is 5.36. The van der Waals surface area contributed by atoms with Crippen LogP contribution in [0.3, 0.4) is 0 Å². The largest absolute Gasteiger partial charge is 0.367 e. The van der Waals surface area contributed by atoms with Crippen molar-refractivity contribution in [3.8, 4) is 0 Å². The molecule has 1 aliphatic rings. The first-order chi connectivity index (χ1) is 8.08. The molecule has 5 heteroatoms. The van der Waals surface area contributed by atoms with Crippen LogP contribution in [0.4, 0.5) is 19.0 Å². The van der Waals surface area contributed by atoms with E-state index in [1.54, 1.807) is 0 Å². The lowest BCUT2D eigenvalue weighted by atomic mass is 9.98. The number of pyridine rings is 1. The van der Waals surface area contributed by atoms with E-state index in [-0.39, 0.29) is 5.82 Å². The molecule has 1 N–H and O–H groups in total. The number of hydrogen-bond donors (Lipinski definition) is 1. The lowest BCUT2D eigenvalue weighted by Crippen LogP contribution is -2.18. The molecule has 1 aromatic rings. The molecule has 17 heavy (non-hydrogen) atoms. The molecular formula is C12H15F3N2. The fourth-order valence-electron chi connectivity index (χ4n) is 2.32. The zero-order valence-corrected chi connectivity index (χ0v) is 9.64. The Hall–Kier alpha value is -1.26. The van der Waals surface area contributed by atoms with Crippen molar-refractivity contribution >= 4 is 5.82 Å². The summed E-state index contributed by atoms with van der Waals surface area (Å²) in [6, 6.07) is 0.517. The van der Waals surface area contributed by atoms with Gasteiger partial charge in [0.15, 0.2) is 17.5 Å². The predicted octanol–water partition coefficient (Wildman–Crippen LogP) is 3.35. The summed E-state index contributed by atoms with van der Waals surface area (Å²) in [6.45, 7) is 2.70. The van der Waals surface area contributed by atoms with Crippen LogP contribution in [0.15, 0.2) is 6.07 Å². The molecule has 2 nitrogen and oxygen atoms in total. The summed E-state index contributed by atoms with van der Waals surface area (Å²) >= 11 is 0. The Labute approximate surface area is 98.2 Å². The van der Waals surface area contributed by atoms with E-state index >= 15 is 0 Å². The molecule has 2 atom stereocenters. The molecule has 1 saturated carbocycles. The highest BCUT2D eigenvalue weighted by Crippen LogP contribution is 2.31. The third kappa shape index (κ3) is 2.70. The third-order valence-electron chi connectivity index (χ3n) is 3.46. The zero-order chi connectivity index (χ0) is 12.4. The summed E-state index contributed by atoms with van der Waals surface area (Å²) in [6.07, 6.45) is 3.42. The summed E-state index contributed by atoms with van der Waals surface area (Å²) < 4.78 is 38.8. The number of nitrogens with one attached hydrogen (secondary N) is 1. The second-order valence-electron chi connectivity index (χ2n) is 4.64. The molecule has 0 spiro atoms. The minimum atomic E-state index is -1.27. The Morgan fingerprint density at radius 3 is 2.71 bits per heavy atom. The topological polar surface area (TPSA) is 24.9 Å². The normalized spacial score (nSPS) is 24.0.